The summed E-state index contributed by atoms with van der Waals surface area (Å²) in [6.45, 7) is 4.11. The highest BCUT2D eigenvalue weighted by Crippen LogP contribution is 2.34. The van der Waals surface area contributed by atoms with Crippen LogP contribution in [0.1, 0.15) is 44.2 Å². The van der Waals surface area contributed by atoms with Crippen molar-refractivity contribution in [2.45, 2.75) is 51.2 Å². The quantitative estimate of drug-likeness (QED) is 0.896. The lowest BCUT2D eigenvalue weighted by molar-refractivity contribution is -0.137. The first kappa shape index (κ1) is 15.9. The maximum atomic E-state index is 12.8. The first-order valence-electron chi connectivity index (χ1n) is 7.17. The van der Waals surface area contributed by atoms with Crippen LogP contribution in [-0.2, 0) is 17.4 Å². The van der Waals surface area contributed by atoms with Crippen molar-refractivity contribution in [1.82, 2.24) is 5.32 Å². The van der Waals surface area contributed by atoms with Gasteiger partial charge in [0.1, 0.15) is 0 Å². The van der Waals surface area contributed by atoms with Gasteiger partial charge in [-0.2, -0.15) is 13.2 Å². The van der Waals surface area contributed by atoms with Crippen LogP contribution >= 0.6 is 0 Å². The molecule has 1 amide bonds. The summed E-state index contributed by atoms with van der Waals surface area (Å²) in [5, 5.41) is 2.99. The number of amides is 1. The van der Waals surface area contributed by atoms with Crippen molar-refractivity contribution in [3.05, 3.63) is 35.4 Å². The molecule has 1 atom stereocenters. The number of benzene rings is 1. The van der Waals surface area contributed by atoms with Crippen LogP contribution in [0.2, 0.25) is 0 Å². The van der Waals surface area contributed by atoms with E-state index in [2.05, 4.69) is 19.2 Å². The third kappa shape index (κ3) is 3.99. The smallest absolute Gasteiger partial charge is 0.350 e. The van der Waals surface area contributed by atoms with Gasteiger partial charge in [-0.05, 0) is 36.8 Å². The van der Waals surface area contributed by atoms with E-state index >= 15 is 0 Å². The predicted molar refractivity (Wildman–Crippen MR) is 74.7 cm³/mol. The maximum Gasteiger partial charge on any atom is 0.416 e. The molecule has 1 N–H and O–H groups in total. The summed E-state index contributed by atoms with van der Waals surface area (Å²) in [7, 11) is 0. The zero-order valence-corrected chi connectivity index (χ0v) is 12.3. The first-order chi connectivity index (χ1) is 9.70. The van der Waals surface area contributed by atoms with Crippen LogP contribution in [0.25, 0.3) is 0 Å². The molecule has 0 spiro atoms. The summed E-state index contributed by atoms with van der Waals surface area (Å²) in [4.78, 5) is 11.6. The van der Waals surface area contributed by atoms with E-state index in [0.29, 0.717) is 30.7 Å². The van der Waals surface area contributed by atoms with Crippen LogP contribution in [0.3, 0.4) is 0 Å². The van der Waals surface area contributed by atoms with Crippen LogP contribution in [0.4, 0.5) is 13.2 Å². The summed E-state index contributed by atoms with van der Waals surface area (Å²) < 4.78 is 38.3. The van der Waals surface area contributed by atoms with E-state index in [9.17, 15) is 18.0 Å². The van der Waals surface area contributed by atoms with E-state index in [-0.39, 0.29) is 5.91 Å². The number of carbonyl (C=O) groups excluding carboxylic acids is 1. The Morgan fingerprint density at radius 1 is 1.33 bits per heavy atom. The van der Waals surface area contributed by atoms with E-state index in [0.717, 1.165) is 12.5 Å². The Labute approximate surface area is 122 Å². The second-order valence-corrected chi connectivity index (χ2v) is 6.30. The average Bonchev–Trinajstić information content (AvgIpc) is 2.68. The minimum atomic E-state index is -4.33. The molecule has 116 valence electrons. The number of rotatable bonds is 4. The van der Waals surface area contributed by atoms with Crippen LogP contribution in [0.5, 0.6) is 0 Å². The molecular weight excluding hydrogens is 279 g/mol. The minimum Gasteiger partial charge on any atom is -0.350 e. The van der Waals surface area contributed by atoms with Gasteiger partial charge in [0.05, 0.1) is 5.56 Å². The molecule has 5 heteroatoms. The van der Waals surface area contributed by atoms with Crippen LogP contribution in [-0.4, -0.2) is 11.4 Å². The van der Waals surface area contributed by atoms with E-state index < -0.39 is 17.3 Å². The maximum absolute atomic E-state index is 12.8. The van der Waals surface area contributed by atoms with Crippen molar-refractivity contribution in [3.63, 3.8) is 0 Å². The normalized spacial score (nSPS) is 22.7. The predicted octanol–water partition coefficient (Wildman–Crippen LogP) is 3.94. The molecule has 0 aliphatic carbocycles. The number of halogens is 3. The lowest BCUT2D eigenvalue weighted by Crippen LogP contribution is -2.44. The largest absolute Gasteiger partial charge is 0.416 e. The molecule has 21 heavy (non-hydrogen) atoms. The highest BCUT2D eigenvalue weighted by Gasteiger charge is 2.38. The molecule has 1 fully saturated rings. The van der Waals surface area contributed by atoms with Gasteiger partial charge >= 0.3 is 6.18 Å². The highest BCUT2D eigenvalue weighted by atomic mass is 19.4. The number of nitrogens with one attached hydrogen (secondary N) is 1. The van der Waals surface area contributed by atoms with Crippen molar-refractivity contribution in [2.75, 3.05) is 0 Å². The van der Waals surface area contributed by atoms with Crippen molar-refractivity contribution in [3.8, 4) is 0 Å². The Hall–Kier alpha value is -1.52. The molecule has 1 heterocycles. The van der Waals surface area contributed by atoms with Gasteiger partial charge in [0, 0.05) is 12.0 Å². The molecular formula is C16H20F3NO. The van der Waals surface area contributed by atoms with E-state index in [4.69, 9.17) is 0 Å². The van der Waals surface area contributed by atoms with Crippen molar-refractivity contribution >= 4 is 5.91 Å². The number of carbonyl (C=O) groups is 1. The first-order valence-corrected chi connectivity index (χ1v) is 7.17. The molecule has 1 aliphatic heterocycles. The summed E-state index contributed by atoms with van der Waals surface area (Å²) in [5.74, 6) is 0.358. The second kappa shape index (κ2) is 5.70. The van der Waals surface area contributed by atoms with Gasteiger partial charge in [-0.1, -0.05) is 32.0 Å². The molecule has 0 radical (unpaired) electrons. The zero-order chi connectivity index (χ0) is 15.7. The van der Waals surface area contributed by atoms with Gasteiger partial charge in [-0.25, -0.2) is 0 Å². The van der Waals surface area contributed by atoms with Crippen molar-refractivity contribution < 1.29 is 18.0 Å². The lowest BCUT2D eigenvalue weighted by Gasteiger charge is -2.31. The van der Waals surface area contributed by atoms with E-state index in [1.54, 1.807) is 6.07 Å². The Morgan fingerprint density at radius 3 is 2.57 bits per heavy atom. The number of alkyl halides is 3. The Morgan fingerprint density at radius 2 is 2.05 bits per heavy atom. The Balaban J connectivity index is 2.23. The molecule has 1 unspecified atom stereocenters. The molecule has 1 aliphatic rings. The third-order valence-electron chi connectivity index (χ3n) is 3.83. The Bertz CT molecular complexity index is 524. The highest BCUT2D eigenvalue weighted by molar-refractivity contribution is 5.79. The molecule has 0 aromatic heterocycles. The average molecular weight is 299 g/mol. The van der Waals surface area contributed by atoms with Crippen molar-refractivity contribution in [2.24, 2.45) is 5.92 Å². The topological polar surface area (TPSA) is 29.1 Å². The minimum absolute atomic E-state index is 0.0115. The SMILES string of the molecule is CC(C)CC1(Cc2cccc(C(F)(F)F)c2)CCC(=O)N1. The Kier molecular flexibility index (Phi) is 4.30. The fraction of sp³-hybridized carbons (Fsp3) is 0.562. The monoisotopic (exact) mass is 299 g/mol. The zero-order valence-electron chi connectivity index (χ0n) is 12.3. The van der Waals surface area contributed by atoms with Gasteiger partial charge in [-0.3, -0.25) is 4.79 Å². The molecule has 1 saturated heterocycles. The molecule has 2 nitrogen and oxygen atoms in total. The standard InChI is InChI=1S/C16H20F3NO/c1-11(2)9-15(7-6-14(21)20-15)10-12-4-3-5-13(8-12)16(17,18)19/h3-5,8,11H,6-7,9-10H2,1-2H3,(H,20,21). The molecule has 0 bridgehead atoms. The molecule has 1 aromatic rings. The van der Waals surface area contributed by atoms with Gasteiger partial charge < -0.3 is 5.32 Å². The van der Waals surface area contributed by atoms with E-state index in [1.165, 1.54) is 12.1 Å². The van der Waals surface area contributed by atoms with E-state index in [1.807, 2.05) is 0 Å². The summed E-state index contributed by atoms with van der Waals surface area (Å²) in [5.41, 5.74) is -0.424. The fourth-order valence-electron chi connectivity index (χ4n) is 3.16. The fourth-order valence-corrected chi connectivity index (χ4v) is 3.16. The van der Waals surface area contributed by atoms with Gasteiger partial charge in [0.25, 0.3) is 0 Å². The van der Waals surface area contributed by atoms with Gasteiger partial charge in [0.15, 0.2) is 0 Å². The molecule has 1 aromatic carbocycles. The summed E-state index contributed by atoms with van der Waals surface area (Å²) >= 11 is 0. The third-order valence-corrected chi connectivity index (χ3v) is 3.83. The number of hydrogen-bond donors (Lipinski definition) is 1. The molecule has 2 rings (SSSR count). The van der Waals surface area contributed by atoms with Crippen LogP contribution in [0.15, 0.2) is 24.3 Å². The summed E-state index contributed by atoms with van der Waals surface area (Å²) in [6.07, 6.45) is -1.98. The number of hydrogen-bond acceptors (Lipinski definition) is 1. The van der Waals surface area contributed by atoms with Crippen molar-refractivity contribution in [1.29, 1.82) is 0 Å². The van der Waals surface area contributed by atoms with Gasteiger partial charge in [0.2, 0.25) is 5.91 Å². The lowest BCUT2D eigenvalue weighted by atomic mass is 9.82. The molecule has 0 saturated carbocycles. The summed E-state index contributed by atoms with van der Waals surface area (Å²) in [6, 6.07) is 5.39. The van der Waals surface area contributed by atoms with Crippen LogP contribution < -0.4 is 5.32 Å². The van der Waals surface area contributed by atoms with Crippen LogP contribution in [0, 0.1) is 5.92 Å². The van der Waals surface area contributed by atoms with Gasteiger partial charge in [-0.15, -0.1) is 0 Å². The second-order valence-electron chi connectivity index (χ2n) is 6.30.